The van der Waals surface area contributed by atoms with E-state index in [2.05, 4.69) is 10.2 Å². The number of carbonyl (C=O) groups is 2. The lowest BCUT2D eigenvalue weighted by molar-refractivity contribution is -0.139. The molecule has 2 aliphatic heterocycles. The van der Waals surface area contributed by atoms with Gasteiger partial charge in [-0.15, -0.1) is 0 Å². The lowest BCUT2D eigenvalue weighted by atomic mass is 9.82. The number of anilines is 1. The Hall–Kier alpha value is -5.98. The van der Waals surface area contributed by atoms with E-state index in [1.807, 2.05) is 36.4 Å². The van der Waals surface area contributed by atoms with Crippen LogP contribution >= 0.6 is 0 Å². The van der Waals surface area contributed by atoms with Crippen molar-refractivity contribution in [3.8, 4) is 11.4 Å². The molecule has 12 nitrogen and oxygen atoms in total. The minimum absolute atomic E-state index is 0.0674. The fourth-order valence-electron chi connectivity index (χ4n) is 7.63. The highest BCUT2D eigenvalue weighted by atomic mass is 16.3. The zero-order chi connectivity index (χ0) is 36.1. The number of aromatic nitrogens is 4. The van der Waals surface area contributed by atoms with Gasteiger partial charge in [0.25, 0.3) is 17.0 Å². The highest BCUT2D eigenvalue weighted by Gasteiger charge is 2.52. The van der Waals surface area contributed by atoms with Gasteiger partial charge in [0.2, 0.25) is 5.91 Å². The number of amides is 2. The summed E-state index contributed by atoms with van der Waals surface area (Å²) in [6.07, 6.45) is 5.02. The highest BCUT2D eigenvalue weighted by Crippen LogP contribution is 2.46. The first-order valence-electron chi connectivity index (χ1n) is 17.4. The van der Waals surface area contributed by atoms with Gasteiger partial charge in [-0.3, -0.25) is 29.4 Å². The molecule has 3 atom stereocenters. The van der Waals surface area contributed by atoms with Gasteiger partial charge in [-0.1, -0.05) is 55.5 Å². The summed E-state index contributed by atoms with van der Waals surface area (Å²) in [5, 5.41) is 29.5. The molecule has 4 aromatic carbocycles. The summed E-state index contributed by atoms with van der Waals surface area (Å²) in [6, 6.07) is 26.7. The number of nitrogens with zero attached hydrogens (tertiary/aromatic N) is 4. The van der Waals surface area contributed by atoms with Crippen molar-refractivity contribution >= 4 is 39.3 Å². The second kappa shape index (κ2) is 13.0. The molecule has 8 rings (SSSR count). The SMILES string of the molecule is C[C@@H](/C=C/CC(=O)N1CCC[C@H]1CO)[C@]1(O)C(=O)N(Cc2ccc(-n3[nH]c4ccccc4c3=O)cc2)c2ccc(-n3[nH]c4ccccc4c3=O)cc21. The molecule has 1 saturated heterocycles. The zero-order valence-electron chi connectivity index (χ0n) is 28.5. The number of rotatable bonds is 9. The molecule has 264 valence electrons. The van der Waals surface area contributed by atoms with Gasteiger partial charge in [0.15, 0.2) is 5.60 Å². The zero-order valence-corrected chi connectivity index (χ0v) is 28.5. The van der Waals surface area contributed by atoms with Crippen molar-refractivity contribution in [3.63, 3.8) is 0 Å². The molecule has 2 aliphatic rings. The quantitative estimate of drug-likeness (QED) is 0.166. The van der Waals surface area contributed by atoms with Crippen LogP contribution in [-0.2, 0) is 21.7 Å². The molecule has 1 fully saturated rings. The molecule has 2 aromatic heterocycles. The van der Waals surface area contributed by atoms with Crippen LogP contribution in [0.5, 0.6) is 0 Å². The van der Waals surface area contributed by atoms with Crippen LogP contribution in [0.25, 0.3) is 33.2 Å². The minimum atomic E-state index is -2.01. The van der Waals surface area contributed by atoms with Crippen LogP contribution in [0, 0.1) is 5.92 Å². The number of aliphatic hydroxyl groups is 2. The third kappa shape index (κ3) is 5.38. The number of carbonyl (C=O) groups excluding carboxylic acids is 2. The molecule has 4 N–H and O–H groups in total. The molecule has 0 aliphatic carbocycles. The Morgan fingerprint density at radius 2 is 1.50 bits per heavy atom. The molecule has 0 spiro atoms. The van der Waals surface area contributed by atoms with Crippen LogP contribution in [0.15, 0.2) is 113 Å². The molecule has 0 unspecified atom stereocenters. The number of fused-ring (bicyclic) bond motifs is 3. The van der Waals surface area contributed by atoms with Crippen LogP contribution in [0.3, 0.4) is 0 Å². The predicted octanol–water partition coefficient (Wildman–Crippen LogP) is 4.25. The van der Waals surface area contributed by atoms with Crippen molar-refractivity contribution in [2.75, 3.05) is 18.1 Å². The van der Waals surface area contributed by atoms with Crippen molar-refractivity contribution in [2.24, 2.45) is 5.92 Å². The van der Waals surface area contributed by atoms with Gasteiger partial charge in [-0.25, -0.2) is 9.36 Å². The number of benzene rings is 4. The van der Waals surface area contributed by atoms with E-state index in [0.29, 0.717) is 45.5 Å². The minimum Gasteiger partial charge on any atom is -0.394 e. The molecule has 12 heteroatoms. The van der Waals surface area contributed by atoms with Gasteiger partial charge in [0, 0.05) is 24.4 Å². The number of nitrogens with one attached hydrogen (secondary N) is 2. The lowest BCUT2D eigenvalue weighted by Gasteiger charge is -2.28. The van der Waals surface area contributed by atoms with E-state index in [1.165, 1.54) is 14.3 Å². The second-order valence-corrected chi connectivity index (χ2v) is 13.6. The third-order valence-corrected chi connectivity index (χ3v) is 10.5. The van der Waals surface area contributed by atoms with Crippen LogP contribution < -0.4 is 16.0 Å². The summed E-state index contributed by atoms with van der Waals surface area (Å²) in [4.78, 5) is 57.0. The molecule has 0 bridgehead atoms. The van der Waals surface area contributed by atoms with E-state index >= 15 is 0 Å². The normalized spacial score (nSPS) is 19.4. The average molecular weight is 699 g/mol. The molecule has 52 heavy (non-hydrogen) atoms. The monoisotopic (exact) mass is 698 g/mol. The summed E-state index contributed by atoms with van der Waals surface area (Å²) in [6.45, 7) is 2.37. The number of H-pyrrole nitrogens is 2. The Kier molecular flexibility index (Phi) is 8.27. The summed E-state index contributed by atoms with van der Waals surface area (Å²) in [5.41, 5.74) is 1.63. The number of likely N-dealkylation sites (tertiary alicyclic amines) is 1. The third-order valence-electron chi connectivity index (χ3n) is 10.5. The molecule has 4 heterocycles. The largest absolute Gasteiger partial charge is 0.394 e. The topological polar surface area (TPSA) is 157 Å². The Bertz CT molecular complexity index is 2490. The van der Waals surface area contributed by atoms with Crippen molar-refractivity contribution in [1.29, 1.82) is 0 Å². The first kappa shape index (κ1) is 33.2. The Morgan fingerprint density at radius 3 is 2.13 bits per heavy atom. The summed E-state index contributed by atoms with van der Waals surface area (Å²) >= 11 is 0. The molecule has 0 saturated carbocycles. The number of para-hydroxylation sites is 2. The van der Waals surface area contributed by atoms with Crippen molar-refractivity contribution in [3.05, 3.63) is 135 Å². The number of aliphatic hydroxyl groups excluding tert-OH is 1. The van der Waals surface area contributed by atoms with Gasteiger partial charge < -0.3 is 20.0 Å². The fourth-order valence-corrected chi connectivity index (χ4v) is 7.63. The molecule has 6 aromatic rings. The van der Waals surface area contributed by atoms with Crippen LogP contribution in [0.1, 0.15) is 37.3 Å². The van der Waals surface area contributed by atoms with E-state index in [-0.39, 0.29) is 42.6 Å². The Labute approximate surface area is 297 Å². The van der Waals surface area contributed by atoms with Gasteiger partial charge in [-0.2, -0.15) is 0 Å². The number of hydrogen-bond acceptors (Lipinski definition) is 6. The lowest BCUT2D eigenvalue weighted by Crippen LogP contribution is -2.44. The predicted molar refractivity (Wildman–Crippen MR) is 198 cm³/mol. The molecule has 2 amide bonds. The molecule has 0 radical (unpaired) electrons. The first-order chi connectivity index (χ1) is 25.2. The number of aromatic amines is 2. The average Bonchev–Trinajstić information content (AvgIpc) is 3.92. The second-order valence-electron chi connectivity index (χ2n) is 13.6. The van der Waals surface area contributed by atoms with Crippen LogP contribution in [0.2, 0.25) is 0 Å². The maximum absolute atomic E-state index is 14.4. The van der Waals surface area contributed by atoms with Gasteiger partial charge in [0.1, 0.15) is 0 Å². The van der Waals surface area contributed by atoms with Crippen molar-refractivity contribution in [1.82, 2.24) is 24.5 Å². The van der Waals surface area contributed by atoms with E-state index in [9.17, 15) is 29.4 Å². The first-order valence-corrected chi connectivity index (χ1v) is 17.4. The maximum atomic E-state index is 14.4. The van der Waals surface area contributed by atoms with E-state index in [0.717, 1.165) is 23.9 Å². The molecular formula is C40H38N6O6. The Balaban J connectivity index is 1.12. The number of hydrogen-bond donors (Lipinski definition) is 4. The highest BCUT2D eigenvalue weighted by molar-refractivity contribution is 6.07. The van der Waals surface area contributed by atoms with Gasteiger partial charge in [0.05, 0.1) is 58.1 Å². The van der Waals surface area contributed by atoms with Crippen molar-refractivity contribution in [2.45, 2.75) is 44.4 Å². The molecular weight excluding hydrogens is 660 g/mol. The Morgan fingerprint density at radius 1 is 0.885 bits per heavy atom. The van der Waals surface area contributed by atoms with Crippen LogP contribution in [0.4, 0.5) is 5.69 Å². The smallest absolute Gasteiger partial charge is 0.279 e. The van der Waals surface area contributed by atoms with E-state index in [4.69, 9.17) is 0 Å². The summed E-state index contributed by atoms with van der Waals surface area (Å²) < 4.78 is 2.87. The standard InChI is InChI=1S/C40H38N6O6/c1-25(8-6-14-36(48)43-21-7-9-29(43)24-47)40(52)32-22-28(46-38(50)31-11-3-5-13-34(31)42-46)19-20-35(32)44(39(40)51)23-26-15-17-27(18-16-26)45-37(49)30-10-2-4-12-33(30)41-45/h2-6,8,10-13,15-20,22,25,29,41-42,47,52H,7,9,14,21,23-24H2,1H3/b8-6+/t25-,29-,40+/m0/s1. The van der Waals surface area contributed by atoms with E-state index in [1.54, 1.807) is 78.6 Å². The fraction of sp³-hybridized carbons (Fsp3) is 0.250. The van der Waals surface area contributed by atoms with Crippen molar-refractivity contribution < 1.29 is 19.8 Å². The van der Waals surface area contributed by atoms with E-state index < -0.39 is 17.4 Å². The maximum Gasteiger partial charge on any atom is 0.279 e. The summed E-state index contributed by atoms with van der Waals surface area (Å²) in [7, 11) is 0. The van der Waals surface area contributed by atoms with Gasteiger partial charge >= 0.3 is 0 Å². The van der Waals surface area contributed by atoms with Gasteiger partial charge in [-0.05, 0) is 73.0 Å². The van der Waals surface area contributed by atoms with Crippen LogP contribution in [-0.4, -0.2) is 65.7 Å². The summed E-state index contributed by atoms with van der Waals surface area (Å²) in [5.74, 6) is -1.41.